The summed E-state index contributed by atoms with van der Waals surface area (Å²) in [7, 11) is 0. The molecule has 0 spiro atoms. The first-order valence-electron chi connectivity index (χ1n) is 8.52. The largest absolute Gasteiger partial charge is 0.550 e. The van der Waals surface area contributed by atoms with Gasteiger partial charge >= 0.3 is 5.63 Å². The van der Waals surface area contributed by atoms with E-state index in [1.54, 1.807) is 25.1 Å². The fourth-order valence-corrected chi connectivity index (χ4v) is 2.52. The van der Waals surface area contributed by atoms with Gasteiger partial charge in [0.15, 0.2) is 6.61 Å². The fraction of sp³-hybridized carbons (Fsp3) is 0.421. The molecule has 26 heavy (non-hydrogen) atoms. The number of carboxylic acid groups (broad SMARTS) is 1. The highest BCUT2D eigenvalue weighted by Crippen LogP contribution is 2.23. The predicted molar refractivity (Wildman–Crippen MR) is 93.9 cm³/mol. The van der Waals surface area contributed by atoms with Gasteiger partial charge in [0.1, 0.15) is 11.3 Å². The minimum Gasteiger partial charge on any atom is -0.550 e. The molecule has 1 aromatic heterocycles. The summed E-state index contributed by atoms with van der Waals surface area (Å²) in [4.78, 5) is 33.8. The Kier molecular flexibility index (Phi) is 6.77. The van der Waals surface area contributed by atoms with Crippen LogP contribution in [0.15, 0.2) is 27.4 Å². The third-order valence-electron chi connectivity index (χ3n) is 4.18. The topological polar surface area (TPSA) is 109 Å². The maximum atomic E-state index is 11.8. The quantitative estimate of drug-likeness (QED) is 0.532. The van der Waals surface area contributed by atoms with Gasteiger partial charge in [-0.1, -0.05) is 6.42 Å². The first kappa shape index (κ1) is 19.5. The van der Waals surface area contributed by atoms with Gasteiger partial charge in [0.2, 0.25) is 0 Å². The van der Waals surface area contributed by atoms with Crippen LogP contribution in [0.25, 0.3) is 11.0 Å². The first-order valence-corrected chi connectivity index (χ1v) is 8.52. The van der Waals surface area contributed by atoms with E-state index < -0.39 is 5.97 Å². The molecule has 1 heterocycles. The number of hydrogen-bond donors (Lipinski definition) is 1. The number of unbranched alkanes of at least 4 members (excludes halogenated alkanes) is 2. The zero-order chi connectivity index (χ0) is 19.1. The highest BCUT2D eigenvalue weighted by atomic mass is 16.5. The molecule has 2 rings (SSSR count). The number of fused-ring (bicyclic) bond motifs is 1. The van der Waals surface area contributed by atoms with Crippen LogP contribution in [0, 0.1) is 13.8 Å². The summed E-state index contributed by atoms with van der Waals surface area (Å²) in [5.74, 6) is -0.890. The van der Waals surface area contributed by atoms with Crippen LogP contribution in [-0.2, 0) is 9.59 Å². The fourth-order valence-electron chi connectivity index (χ4n) is 2.52. The molecule has 7 heteroatoms. The predicted octanol–water partition coefficient (Wildman–Crippen LogP) is 1.22. The van der Waals surface area contributed by atoms with Crippen molar-refractivity contribution in [2.24, 2.45) is 0 Å². The smallest absolute Gasteiger partial charge is 0.339 e. The summed E-state index contributed by atoms with van der Waals surface area (Å²) in [5.41, 5.74) is 1.47. The van der Waals surface area contributed by atoms with Gasteiger partial charge in [-0.2, -0.15) is 0 Å². The first-order chi connectivity index (χ1) is 12.4. The summed E-state index contributed by atoms with van der Waals surface area (Å²) < 4.78 is 10.7. The number of ether oxygens (including phenoxy) is 1. The Morgan fingerprint density at radius 1 is 1.15 bits per heavy atom. The molecule has 7 nitrogen and oxygen atoms in total. The molecule has 2 aromatic rings. The second-order valence-corrected chi connectivity index (χ2v) is 6.12. The van der Waals surface area contributed by atoms with Crippen molar-refractivity contribution in [3.05, 3.63) is 39.7 Å². The van der Waals surface area contributed by atoms with Crippen LogP contribution < -0.4 is 20.8 Å². The molecule has 0 bridgehead atoms. The van der Waals surface area contributed by atoms with E-state index in [2.05, 4.69) is 5.32 Å². The molecular formula is C19H22NO6-. The lowest BCUT2D eigenvalue weighted by Crippen LogP contribution is -2.29. The normalized spacial score (nSPS) is 10.7. The number of carboxylic acids is 1. The summed E-state index contributed by atoms with van der Waals surface area (Å²) in [6, 6.07) is 5.11. The number of nitrogens with one attached hydrogen (secondary N) is 1. The minimum absolute atomic E-state index is 0.0359. The van der Waals surface area contributed by atoms with Gasteiger partial charge in [0, 0.05) is 29.5 Å². The van der Waals surface area contributed by atoms with E-state index in [1.807, 2.05) is 6.92 Å². The molecule has 0 fully saturated rings. The van der Waals surface area contributed by atoms with Crippen LogP contribution in [-0.4, -0.2) is 25.0 Å². The molecule has 0 saturated heterocycles. The molecule has 1 amide bonds. The van der Waals surface area contributed by atoms with Crippen molar-refractivity contribution in [3.63, 3.8) is 0 Å². The molecule has 0 aliphatic carbocycles. The van der Waals surface area contributed by atoms with Crippen LogP contribution >= 0.6 is 0 Å². The van der Waals surface area contributed by atoms with Gasteiger partial charge in [0.25, 0.3) is 5.91 Å². The Hall–Kier alpha value is -2.83. The number of carbonyl (C=O) groups is 2. The zero-order valence-electron chi connectivity index (χ0n) is 14.9. The number of benzene rings is 1. The summed E-state index contributed by atoms with van der Waals surface area (Å²) in [6.45, 7) is 3.88. The highest BCUT2D eigenvalue weighted by molar-refractivity contribution is 5.82. The number of rotatable bonds is 9. The molecule has 0 aliphatic rings. The number of aryl methyl sites for hydroxylation is 1. The van der Waals surface area contributed by atoms with E-state index in [0.29, 0.717) is 42.7 Å². The zero-order valence-corrected chi connectivity index (χ0v) is 14.9. The van der Waals surface area contributed by atoms with Gasteiger partial charge in [0.05, 0.1) is 0 Å². The van der Waals surface area contributed by atoms with Crippen LogP contribution in [0.2, 0.25) is 0 Å². The van der Waals surface area contributed by atoms with Gasteiger partial charge in [-0.25, -0.2) is 4.79 Å². The minimum atomic E-state index is -1.06. The maximum absolute atomic E-state index is 11.8. The van der Waals surface area contributed by atoms with Crippen molar-refractivity contribution in [1.82, 2.24) is 5.32 Å². The summed E-state index contributed by atoms with van der Waals surface area (Å²) >= 11 is 0. The molecule has 0 aliphatic heterocycles. The summed E-state index contributed by atoms with van der Waals surface area (Å²) in [6.07, 6.45) is 1.97. The van der Waals surface area contributed by atoms with Gasteiger partial charge in [-0.3, -0.25) is 4.79 Å². The molecule has 140 valence electrons. The summed E-state index contributed by atoms with van der Waals surface area (Å²) in [5, 5.41) is 13.8. The molecule has 0 radical (unpaired) electrons. The Bertz CT molecular complexity index is 855. The number of aliphatic carboxylic acids is 1. The van der Waals surface area contributed by atoms with E-state index in [4.69, 9.17) is 9.15 Å². The van der Waals surface area contributed by atoms with Crippen molar-refractivity contribution in [3.8, 4) is 5.75 Å². The van der Waals surface area contributed by atoms with Crippen molar-refractivity contribution in [1.29, 1.82) is 0 Å². The van der Waals surface area contributed by atoms with Crippen molar-refractivity contribution in [2.45, 2.75) is 39.5 Å². The Balaban J connectivity index is 1.82. The molecule has 0 saturated carbocycles. The van der Waals surface area contributed by atoms with Crippen LogP contribution in [0.1, 0.15) is 36.8 Å². The number of carbonyl (C=O) groups excluding carboxylic acids is 2. The van der Waals surface area contributed by atoms with Gasteiger partial charge < -0.3 is 24.4 Å². The number of amides is 1. The lowest BCUT2D eigenvalue weighted by Gasteiger charge is -2.09. The monoisotopic (exact) mass is 360 g/mol. The molecular weight excluding hydrogens is 338 g/mol. The van der Waals surface area contributed by atoms with Crippen molar-refractivity contribution >= 4 is 22.8 Å². The van der Waals surface area contributed by atoms with Gasteiger partial charge in [-0.05, 0) is 50.8 Å². The van der Waals surface area contributed by atoms with E-state index in [1.165, 1.54) is 0 Å². The second kappa shape index (κ2) is 9.03. The van der Waals surface area contributed by atoms with E-state index in [-0.39, 0.29) is 24.6 Å². The Labute approximate surface area is 151 Å². The molecule has 0 atom stereocenters. The Morgan fingerprint density at radius 2 is 1.92 bits per heavy atom. The van der Waals surface area contributed by atoms with Crippen molar-refractivity contribution in [2.75, 3.05) is 13.2 Å². The Morgan fingerprint density at radius 3 is 2.65 bits per heavy atom. The molecule has 0 unspecified atom stereocenters. The van der Waals surface area contributed by atoms with E-state index >= 15 is 0 Å². The lowest BCUT2D eigenvalue weighted by molar-refractivity contribution is -0.305. The highest BCUT2D eigenvalue weighted by Gasteiger charge is 2.09. The van der Waals surface area contributed by atoms with Gasteiger partial charge in [-0.15, -0.1) is 0 Å². The van der Waals surface area contributed by atoms with E-state index in [9.17, 15) is 19.5 Å². The van der Waals surface area contributed by atoms with Crippen LogP contribution in [0.5, 0.6) is 5.75 Å². The van der Waals surface area contributed by atoms with Crippen LogP contribution in [0.4, 0.5) is 0 Å². The average molecular weight is 360 g/mol. The average Bonchev–Trinajstić information content (AvgIpc) is 2.60. The maximum Gasteiger partial charge on any atom is 0.339 e. The van der Waals surface area contributed by atoms with Crippen molar-refractivity contribution < 1.29 is 23.8 Å². The van der Waals surface area contributed by atoms with Crippen LogP contribution in [0.3, 0.4) is 0 Å². The third-order valence-corrected chi connectivity index (χ3v) is 4.18. The van der Waals surface area contributed by atoms with E-state index in [0.717, 1.165) is 10.9 Å². The standard InChI is InChI=1S/C19H23NO6/c1-12-13(2)19(24)26-16-10-14(7-8-15(12)16)25-11-17(21)20-9-5-3-4-6-18(22)23/h7-8,10H,3-6,9,11H2,1-2H3,(H,20,21)(H,22,23)/p-1. The SMILES string of the molecule is Cc1c(C)c2ccc(OCC(=O)NCCCCCC(=O)[O-])cc2oc1=O. The molecule has 1 aromatic carbocycles. The second-order valence-electron chi connectivity index (χ2n) is 6.12. The molecule has 1 N–H and O–H groups in total. The lowest BCUT2D eigenvalue weighted by atomic mass is 10.1. The number of hydrogen-bond acceptors (Lipinski definition) is 6. The third kappa shape index (κ3) is 5.34.